The number of nitrogens with one attached hydrogen (secondary N) is 1. The van der Waals surface area contributed by atoms with Crippen molar-refractivity contribution in [3.63, 3.8) is 0 Å². The first kappa shape index (κ1) is 16.4. The first-order valence-electron chi connectivity index (χ1n) is 8.58. The zero-order valence-corrected chi connectivity index (χ0v) is 14.2. The van der Waals surface area contributed by atoms with Crippen LogP contribution in [-0.2, 0) is 0 Å². The molecule has 0 saturated heterocycles. The van der Waals surface area contributed by atoms with Crippen LogP contribution < -0.4 is 5.32 Å². The molecule has 3 nitrogen and oxygen atoms in total. The van der Waals surface area contributed by atoms with E-state index in [1.54, 1.807) is 0 Å². The quantitative estimate of drug-likeness (QED) is 0.829. The molecule has 0 radical (unpaired) electrons. The van der Waals surface area contributed by atoms with E-state index in [1.165, 1.54) is 36.8 Å². The highest BCUT2D eigenvalue weighted by Gasteiger charge is 2.45. The van der Waals surface area contributed by atoms with E-state index in [4.69, 9.17) is 0 Å². The molecule has 1 saturated carbocycles. The average Bonchev–Trinajstić information content (AvgIpc) is 2.96. The molecule has 1 heterocycles. The van der Waals surface area contributed by atoms with Crippen molar-refractivity contribution in [3.8, 4) is 0 Å². The summed E-state index contributed by atoms with van der Waals surface area (Å²) in [5.74, 6) is 0. The summed E-state index contributed by atoms with van der Waals surface area (Å²) in [6.45, 7) is 12.2. The van der Waals surface area contributed by atoms with Crippen LogP contribution in [0.25, 0.3) is 0 Å². The molecule has 3 heteroatoms. The van der Waals surface area contributed by atoms with E-state index in [1.807, 2.05) is 6.20 Å². The summed E-state index contributed by atoms with van der Waals surface area (Å²) in [4.78, 5) is 7.12. The van der Waals surface area contributed by atoms with Gasteiger partial charge in [0.2, 0.25) is 0 Å². The van der Waals surface area contributed by atoms with Gasteiger partial charge in [-0.15, -0.1) is 0 Å². The lowest BCUT2D eigenvalue weighted by Gasteiger charge is -2.46. The molecule has 0 aromatic carbocycles. The lowest BCUT2D eigenvalue weighted by Crippen LogP contribution is -2.55. The number of aromatic nitrogens is 1. The van der Waals surface area contributed by atoms with Gasteiger partial charge < -0.3 is 5.32 Å². The van der Waals surface area contributed by atoms with Gasteiger partial charge in [0.1, 0.15) is 0 Å². The van der Waals surface area contributed by atoms with E-state index >= 15 is 0 Å². The van der Waals surface area contributed by atoms with E-state index in [9.17, 15) is 0 Å². The van der Waals surface area contributed by atoms with Crippen LogP contribution in [0.2, 0.25) is 0 Å². The summed E-state index contributed by atoms with van der Waals surface area (Å²) >= 11 is 0. The van der Waals surface area contributed by atoms with Crippen LogP contribution in [0.3, 0.4) is 0 Å². The first-order valence-corrected chi connectivity index (χ1v) is 8.58. The van der Waals surface area contributed by atoms with Gasteiger partial charge in [0.25, 0.3) is 0 Å². The fraction of sp³-hybridized carbons (Fsp3) is 0.722. The van der Waals surface area contributed by atoms with Crippen LogP contribution in [-0.4, -0.2) is 35.1 Å². The Bertz CT molecular complexity index is 434. The second-order valence-corrected chi connectivity index (χ2v) is 6.27. The van der Waals surface area contributed by atoms with Gasteiger partial charge in [0.15, 0.2) is 0 Å². The summed E-state index contributed by atoms with van der Waals surface area (Å²) in [6.07, 6.45) is 9.28. The van der Waals surface area contributed by atoms with Crippen molar-refractivity contribution >= 4 is 0 Å². The predicted octanol–water partition coefficient (Wildman–Crippen LogP) is 3.70. The molecule has 1 N–H and O–H groups in total. The Balaban J connectivity index is 2.41. The molecule has 21 heavy (non-hydrogen) atoms. The van der Waals surface area contributed by atoms with Crippen molar-refractivity contribution in [3.05, 3.63) is 29.6 Å². The highest BCUT2D eigenvalue weighted by molar-refractivity contribution is 5.25. The van der Waals surface area contributed by atoms with Gasteiger partial charge in [-0.2, -0.15) is 0 Å². The van der Waals surface area contributed by atoms with Gasteiger partial charge in [-0.25, -0.2) is 0 Å². The molecule has 1 atom stereocenters. The van der Waals surface area contributed by atoms with Crippen LogP contribution in [0.5, 0.6) is 0 Å². The maximum Gasteiger partial charge on any atom is 0.0522 e. The Labute approximate surface area is 130 Å². The molecule has 1 aromatic heterocycles. The first-order chi connectivity index (χ1) is 10.2. The molecular weight excluding hydrogens is 258 g/mol. The Kier molecular flexibility index (Phi) is 5.77. The molecular formula is C18H31N3. The maximum absolute atomic E-state index is 4.44. The molecule has 1 aliphatic carbocycles. The Morgan fingerprint density at radius 1 is 1.19 bits per heavy atom. The van der Waals surface area contributed by atoms with Crippen molar-refractivity contribution < 1.29 is 0 Å². The lowest BCUT2D eigenvalue weighted by atomic mass is 9.82. The second-order valence-electron chi connectivity index (χ2n) is 6.27. The molecule has 1 aromatic rings. The van der Waals surface area contributed by atoms with Gasteiger partial charge in [0, 0.05) is 17.9 Å². The van der Waals surface area contributed by atoms with Crippen LogP contribution in [0.4, 0.5) is 0 Å². The number of aryl methyl sites for hydroxylation is 1. The number of hydrogen-bond donors (Lipinski definition) is 1. The number of pyridine rings is 1. The standard InChI is InChI=1S/C18H31N3/c1-5-20-17(16-12-15(4)13-19-14-16)18(10-8-9-11-18)21(6-2)7-3/h12-14,17,20H,5-11H2,1-4H3. The fourth-order valence-corrected chi connectivity index (χ4v) is 4.19. The molecule has 1 fully saturated rings. The molecule has 0 amide bonds. The highest BCUT2D eigenvalue weighted by Crippen LogP contribution is 2.44. The Hall–Kier alpha value is -0.930. The van der Waals surface area contributed by atoms with Gasteiger partial charge in [-0.3, -0.25) is 9.88 Å². The van der Waals surface area contributed by atoms with E-state index in [2.05, 4.69) is 55.2 Å². The summed E-state index contributed by atoms with van der Waals surface area (Å²) in [6, 6.07) is 2.70. The third kappa shape index (κ3) is 3.29. The zero-order chi connectivity index (χ0) is 15.3. The monoisotopic (exact) mass is 289 g/mol. The maximum atomic E-state index is 4.44. The zero-order valence-electron chi connectivity index (χ0n) is 14.2. The van der Waals surface area contributed by atoms with Crippen LogP contribution >= 0.6 is 0 Å². The second kappa shape index (κ2) is 7.37. The fourth-order valence-electron chi connectivity index (χ4n) is 4.19. The van der Waals surface area contributed by atoms with Crippen LogP contribution in [0.1, 0.15) is 63.6 Å². The Morgan fingerprint density at radius 3 is 2.38 bits per heavy atom. The largest absolute Gasteiger partial charge is 0.309 e. The van der Waals surface area contributed by atoms with Crippen molar-refractivity contribution in [2.75, 3.05) is 19.6 Å². The van der Waals surface area contributed by atoms with Crippen molar-refractivity contribution in [2.45, 2.75) is 65.0 Å². The van der Waals surface area contributed by atoms with Gasteiger partial charge in [-0.05, 0) is 50.5 Å². The number of likely N-dealkylation sites (N-methyl/N-ethyl adjacent to an activating group) is 2. The third-order valence-corrected chi connectivity index (χ3v) is 5.04. The minimum Gasteiger partial charge on any atom is -0.309 e. The smallest absolute Gasteiger partial charge is 0.0522 e. The third-order valence-electron chi connectivity index (χ3n) is 5.04. The lowest BCUT2D eigenvalue weighted by molar-refractivity contribution is 0.0631. The van der Waals surface area contributed by atoms with E-state index in [0.717, 1.165) is 19.6 Å². The van der Waals surface area contributed by atoms with Gasteiger partial charge in [-0.1, -0.05) is 39.7 Å². The average molecular weight is 289 g/mol. The van der Waals surface area contributed by atoms with E-state index < -0.39 is 0 Å². The van der Waals surface area contributed by atoms with E-state index in [-0.39, 0.29) is 5.54 Å². The molecule has 118 valence electrons. The summed E-state index contributed by atoms with van der Waals surface area (Å²) < 4.78 is 0. The SMILES string of the molecule is CCNC(c1cncc(C)c1)C1(N(CC)CC)CCCC1. The number of nitrogens with zero attached hydrogens (tertiary/aromatic N) is 2. The topological polar surface area (TPSA) is 28.2 Å². The molecule has 1 unspecified atom stereocenters. The molecule has 1 aliphatic rings. The Morgan fingerprint density at radius 2 is 1.86 bits per heavy atom. The molecule has 0 spiro atoms. The summed E-state index contributed by atoms with van der Waals surface area (Å²) in [5, 5.41) is 3.78. The molecule has 0 aliphatic heterocycles. The molecule has 0 bridgehead atoms. The van der Waals surface area contributed by atoms with Crippen LogP contribution in [0.15, 0.2) is 18.5 Å². The summed E-state index contributed by atoms with van der Waals surface area (Å²) in [7, 11) is 0. The number of rotatable bonds is 7. The minimum atomic E-state index is 0.259. The van der Waals surface area contributed by atoms with Crippen LogP contribution in [0, 0.1) is 6.92 Å². The van der Waals surface area contributed by atoms with Crippen molar-refractivity contribution in [1.82, 2.24) is 15.2 Å². The summed E-state index contributed by atoms with van der Waals surface area (Å²) in [5.41, 5.74) is 2.86. The van der Waals surface area contributed by atoms with Gasteiger partial charge >= 0.3 is 0 Å². The number of hydrogen-bond acceptors (Lipinski definition) is 3. The predicted molar refractivity (Wildman–Crippen MR) is 89.5 cm³/mol. The normalized spacial score (nSPS) is 19.1. The minimum absolute atomic E-state index is 0.259. The van der Waals surface area contributed by atoms with Crippen molar-refractivity contribution in [1.29, 1.82) is 0 Å². The highest BCUT2D eigenvalue weighted by atomic mass is 15.2. The van der Waals surface area contributed by atoms with Gasteiger partial charge in [0.05, 0.1) is 6.04 Å². The molecule has 2 rings (SSSR count). The van der Waals surface area contributed by atoms with Crippen molar-refractivity contribution in [2.24, 2.45) is 0 Å². The van der Waals surface area contributed by atoms with E-state index in [0.29, 0.717) is 6.04 Å².